The lowest BCUT2D eigenvalue weighted by Gasteiger charge is -2.13. The second-order valence-corrected chi connectivity index (χ2v) is 4.94. The minimum Gasteiger partial charge on any atom is -0.358 e. The molecule has 0 radical (unpaired) electrons. The molecule has 26 heavy (non-hydrogen) atoms. The molecule has 0 unspecified atom stereocenters. The van der Waals surface area contributed by atoms with Gasteiger partial charge in [-0.25, -0.2) is 8.78 Å². The van der Waals surface area contributed by atoms with Crippen molar-refractivity contribution in [3.8, 4) is 6.07 Å². The molecular weight excluding hydrogens is 357 g/mol. The predicted molar refractivity (Wildman–Crippen MR) is 83.8 cm³/mol. The van der Waals surface area contributed by atoms with Gasteiger partial charge in [0.1, 0.15) is 23.3 Å². The van der Waals surface area contributed by atoms with Gasteiger partial charge in [0.2, 0.25) is 0 Å². The monoisotopic (exact) mass is 367 g/mol. The number of para-hydroxylation sites is 1. The largest absolute Gasteiger partial charge is 0.418 e. The molecule has 0 heterocycles. The van der Waals surface area contributed by atoms with Gasteiger partial charge in [-0.3, -0.25) is 4.79 Å². The van der Waals surface area contributed by atoms with Crippen molar-refractivity contribution in [1.82, 2.24) is 0 Å². The molecular formula is C17H10F5N3O. The molecule has 2 aromatic carbocycles. The van der Waals surface area contributed by atoms with Gasteiger partial charge in [0.05, 0.1) is 16.9 Å². The smallest absolute Gasteiger partial charge is 0.358 e. The summed E-state index contributed by atoms with van der Waals surface area (Å²) < 4.78 is 65.3. The molecule has 0 aliphatic carbocycles. The second kappa shape index (κ2) is 7.65. The molecule has 0 aliphatic rings. The van der Waals surface area contributed by atoms with E-state index in [2.05, 4.69) is 5.32 Å². The van der Waals surface area contributed by atoms with Crippen LogP contribution in [0, 0.1) is 23.0 Å². The highest BCUT2D eigenvalue weighted by atomic mass is 19.4. The van der Waals surface area contributed by atoms with E-state index >= 15 is 0 Å². The number of nitrogens with zero attached hydrogens (tertiary/aromatic N) is 1. The van der Waals surface area contributed by atoms with Crippen LogP contribution >= 0.6 is 0 Å². The number of carbonyl (C=O) groups is 1. The SMILES string of the molecule is N#C/C(=C/Nc1cc(F)ccc1F)C(=O)Nc1ccccc1C(F)(F)F. The Bertz CT molecular complexity index is 900. The fourth-order valence-electron chi connectivity index (χ4n) is 1.94. The second-order valence-electron chi connectivity index (χ2n) is 4.94. The van der Waals surface area contributed by atoms with Crippen LogP contribution in [0.15, 0.2) is 54.2 Å². The molecule has 0 bridgehead atoms. The Labute approximate surface area is 144 Å². The highest BCUT2D eigenvalue weighted by Crippen LogP contribution is 2.34. The molecule has 2 aromatic rings. The number of hydrogen-bond donors (Lipinski definition) is 2. The normalized spacial score (nSPS) is 11.6. The van der Waals surface area contributed by atoms with Gasteiger partial charge in [0, 0.05) is 12.3 Å². The van der Waals surface area contributed by atoms with E-state index in [9.17, 15) is 26.7 Å². The van der Waals surface area contributed by atoms with Crippen molar-refractivity contribution in [2.24, 2.45) is 0 Å². The first-order chi connectivity index (χ1) is 12.2. The van der Waals surface area contributed by atoms with E-state index in [1.165, 1.54) is 12.1 Å². The Balaban J connectivity index is 2.23. The number of rotatable bonds is 4. The lowest BCUT2D eigenvalue weighted by molar-refractivity contribution is -0.137. The van der Waals surface area contributed by atoms with Crippen molar-refractivity contribution < 1.29 is 26.7 Å². The summed E-state index contributed by atoms with van der Waals surface area (Å²) in [6.07, 6.45) is -3.94. The molecule has 0 aliphatic heterocycles. The number of halogens is 5. The van der Waals surface area contributed by atoms with Crippen LogP contribution in [0.3, 0.4) is 0 Å². The highest BCUT2D eigenvalue weighted by molar-refractivity contribution is 6.07. The Hall–Kier alpha value is -3.41. The zero-order valence-electron chi connectivity index (χ0n) is 12.9. The van der Waals surface area contributed by atoms with Crippen LogP contribution < -0.4 is 10.6 Å². The molecule has 9 heteroatoms. The third kappa shape index (κ3) is 4.57. The van der Waals surface area contributed by atoms with Crippen molar-refractivity contribution in [2.45, 2.75) is 6.18 Å². The van der Waals surface area contributed by atoms with Crippen LogP contribution in [0.5, 0.6) is 0 Å². The van der Waals surface area contributed by atoms with E-state index in [1.54, 1.807) is 0 Å². The van der Waals surface area contributed by atoms with Gasteiger partial charge in [-0.15, -0.1) is 0 Å². The van der Waals surface area contributed by atoms with Crippen LogP contribution in [0.1, 0.15) is 5.56 Å². The molecule has 134 valence electrons. The molecule has 0 atom stereocenters. The number of alkyl halides is 3. The molecule has 0 aromatic heterocycles. The van der Waals surface area contributed by atoms with E-state index in [0.29, 0.717) is 0 Å². The topological polar surface area (TPSA) is 64.9 Å². The standard InChI is InChI=1S/C17H10F5N3O/c18-11-5-6-13(19)15(7-11)24-9-10(8-23)16(26)25-14-4-2-1-3-12(14)17(20,21)22/h1-7,9,24H,(H,25,26)/b10-9-. The summed E-state index contributed by atoms with van der Waals surface area (Å²) in [7, 11) is 0. The zero-order valence-corrected chi connectivity index (χ0v) is 12.9. The van der Waals surface area contributed by atoms with Gasteiger partial charge in [-0.2, -0.15) is 18.4 Å². The lowest BCUT2D eigenvalue weighted by Crippen LogP contribution is -2.18. The number of nitriles is 1. The first-order valence-electron chi connectivity index (χ1n) is 7.02. The van der Waals surface area contributed by atoms with Crippen LogP contribution in [0.25, 0.3) is 0 Å². The van der Waals surface area contributed by atoms with E-state index in [4.69, 9.17) is 5.26 Å². The third-order valence-electron chi connectivity index (χ3n) is 3.15. The minimum atomic E-state index is -4.71. The quantitative estimate of drug-likeness (QED) is 0.477. The summed E-state index contributed by atoms with van der Waals surface area (Å²) in [5.41, 5.74) is -2.61. The van der Waals surface area contributed by atoms with Crippen LogP contribution in [-0.2, 0) is 11.0 Å². The summed E-state index contributed by atoms with van der Waals surface area (Å²) in [5.74, 6) is -2.75. The van der Waals surface area contributed by atoms with Crippen molar-refractivity contribution in [1.29, 1.82) is 5.26 Å². The van der Waals surface area contributed by atoms with Gasteiger partial charge in [0.25, 0.3) is 5.91 Å². The van der Waals surface area contributed by atoms with Crippen molar-refractivity contribution in [3.63, 3.8) is 0 Å². The van der Waals surface area contributed by atoms with Gasteiger partial charge in [-0.1, -0.05) is 12.1 Å². The minimum absolute atomic E-state index is 0.346. The average Bonchev–Trinajstić information content (AvgIpc) is 2.58. The van der Waals surface area contributed by atoms with Crippen LogP contribution in [0.4, 0.5) is 33.3 Å². The molecule has 0 saturated heterocycles. The molecule has 0 fully saturated rings. The maximum atomic E-state index is 13.5. The molecule has 0 saturated carbocycles. The maximum Gasteiger partial charge on any atom is 0.418 e. The molecule has 2 N–H and O–H groups in total. The highest BCUT2D eigenvalue weighted by Gasteiger charge is 2.33. The maximum absolute atomic E-state index is 13.5. The molecule has 4 nitrogen and oxygen atoms in total. The summed E-state index contributed by atoms with van der Waals surface area (Å²) in [6, 6.07) is 8.18. The van der Waals surface area contributed by atoms with Crippen molar-refractivity contribution in [2.75, 3.05) is 10.6 Å². The zero-order chi connectivity index (χ0) is 19.3. The predicted octanol–water partition coefficient (Wildman–Crippen LogP) is 4.44. The Morgan fingerprint density at radius 1 is 1.08 bits per heavy atom. The molecule has 2 rings (SSSR count). The molecule has 1 amide bonds. The van der Waals surface area contributed by atoms with E-state index in [1.807, 2.05) is 5.32 Å². The fraction of sp³-hybridized carbons (Fsp3) is 0.0588. The van der Waals surface area contributed by atoms with E-state index in [-0.39, 0.29) is 5.69 Å². The third-order valence-corrected chi connectivity index (χ3v) is 3.15. The first-order valence-corrected chi connectivity index (χ1v) is 7.02. The van der Waals surface area contributed by atoms with Gasteiger partial charge < -0.3 is 10.6 Å². The summed E-state index contributed by atoms with van der Waals surface area (Å²) in [4.78, 5) is 12.0. The number of nitrogens with one attached hydrogen (secondary N) is 2. The summed E-state index contributed by atoms with van der Waals surface area (Å²) >= 11 is 0. The van der Waals surface area contributed by atoms with E-state index in [0.717, 1.165) is 42.6 Å². The number of hydrogen-bond acceptors (Lipinski definition) is 3. The number of carbonyl (C=O) groups excluding carboxylic acids is 1. The Morgan fingerprint density at radius 3 is 2.42 bits per heavy atom. The van der Waals surface area contributed by atoms with Crippen LogP contribution in [-0.4, -0.2) is 5.91 Å². The Kier molecular flexibility index (Phi) is 5.57. The number of benzene rings is 2. The van der Waals surface area contributed by atoms with Gasteiger partial charge in [0.15, 0.2) is 0 Å². The Morgan fingerprint density at radius 2 is 1.77 bits per heavy atom. The van der Waals surface area contributed by atoms with E-state index < -0.39 is 40.5 Å². The number of anilines is 2. The average molecular weight is 367 g/mol. The number of amides is 1. The first kappa shape index (κ1) is 18.9. The lowest BCUT2D eigenvalue weighted by atomic mass is 10.1. The van der Waals surface area contributed by atoms with Crippen molar-refractivity contribution >= 4 is 17.3 Å². The fourth-order valence-corrected chi connectivity index (χ4v) is 1.94. The van der Waals surface area contributed by atoms with Crippen molar-refractivity contribution in [3.05, 3.63) is 71.4 Å². The van der Waals surface area contributed by atoms with Gasteiger partial charge in [-0.05, 0) is 24.3 Å². The summed E-state index contributed by atoms with van der Waals surface area (Å²) in [5, 5.41) is 13.2. The van der Waals surface area contributed by atoms with Gasteiger partial charge >= 0.3 is 6.18 Å². The molecule has 0 spiro atoms. The van der Waals surface area contributed by atoms with Crippen LogP contribution in [0.2, 0.25) is 0 Å². The summed E-state index contributed by atoms with van der Waals surface area (Å²) in [6.45, 7) is 0.